The van der Waals surface area contributed by atoms with E-state index in [1.807, 2.05) is 19.1 Å². The number of hydrogen-bond donors (Lipinski definition) is 1. The minimum Gasteiger partial charge on any atom is -0.464 e. The zero-order chi connectivity index (χ0) is 26.1. The molecule has 0 saturated carbocycles. The lowest BCUT2D eigenvalue weighted by atomic mass is 10.1. The summed E-state index contributed by atoms with van der Waals surface area (Å²) in [5, 5.41) is 20.0. The van der Waals surface area contributed by atoms with Crippen molar-refractivity contribution in [1.29, 1.82) is 0 Å². The Morgan fingerprint density at radius 3 is 2.76 bits per heavy atom. The molecular weight excluding hydrogens is 521 g/mol. The first kappa shape index (κ1) is 24.3. The number of rotatable bonds is 7. The van der Waals surface area contributed by atoms with Crippen molar-refractivity contribution in [1.82, 2.24) is 14.8 Å². The van der Waals surface area contributed by atoms with E-state index < -0.39 is 10.8 Å². The molecule has 1 N–H and O–H groups in total. The Bertz CT molecular complexity index is 1650. The number of aryl methyl sites for hydroxylation is 1. The van der Waals surface area contributed by atoms with Gasteiger partial charge >= 0.3 is 0 Å². The predicted octanol–water partition coefficient (Wildman–Crippen LogP) is 6.65. The van der Waals surface area contributed by atoms with Gasteiger partial charge in [-0.1, -0.05) is 23.2 Å². The van der Waals surface area contributed by atoms with E-state index >= 15 is 0 Å². The van der Waals surface area contributed by atoms with Crippen molar-refractivity contribution in [2.45, 2.75) is 13.5 Å². The van der Waals surface area contributed by atoms with Crippen LogP contribution >= 0.6 is 23.2 Å². The number of carbonyl (C=O) groups is 1. The lowest BCUT2D eigenvalue weighted by molar-refractivity contribution is -0.384. The second-order valence-electron chi connectivity index (χ2n) is 7.98. The smallest absolute Gasteiger partial charge is 0.275 e. The number of ether oxygens (including phenoxy) is 1. The van der Waals surface area contributed by atoms with Gasteiger partial charge in [0, 0.05) is 28.9 Å². The van der Waals surface area contributed by atoms with Crippen molar-refractivity contribution >= 4 is 51.5 Å². The molecule has 12 heteroatoms. The summed E-state index contributed by atoms with van der Waals surface area (Å²) in [6.07, 6.45) is 3.19. The molecule has 0 spiro atoms. The van der Waals surface area contributed by atoms with Crippen molar-refractivity contribution < 1.29 is 18.9 Å². The highest BCUT2D eigenvalue weighted by atomic mass is 35.5. The first-order valence-corrected chi connectivity index (χ1v) is 11.6. The molecule has 0 bridgehead atoms. The van der Waals surface area contributed by atoms with Gasteiger partial charge in [-0.2, -0.15) is 5.10 Å². The van der Waals surface area contributed by atoms with E-state index in [4.69, 9.17) is 32.4 Å². The zero-order valence-electron chi connectivity index (χ0n) is 19.1. The largest absolute Gasteiger partial charge is 0.464 e. The Morgan fingerprint density at radius 1 is 1.19 bits per heavy atom. The van der Waals surface area contributed by atoms with E-state index in [9.17, 15) is 14.9 Å². The standard InChI is InChI=1S/C25H17Cl2N5O5/c1-14-24-19(21-3-2-8-36-21)6-7-28-25(24)31(30-14)13-23(33)29-16-10-17(32(34)35)12-18(11-16)37-22-5-4-15(26)9-20(22)27/h2-12H,13H2,1H3,(H,29,33). The van der Waals surface area contributed by atoms with Crippen molar-refractivity contribution in [3.8, 4) is 22.8 Å². The number of amides is 1. The van der Waals surface area contributed by atoms with Gasteiger partial charge in [0.25, 0.3) is 5.69 Å². The molecule has 0 atom stereocenters. The number of anilines is 1. The maximum atomic E-state index is 12.9. The van der Waals surface area contributed by atoms with Crippen molar-refractivity contribution in [2.24, 2.45) is 0 Å². The molecule has 0 aliphatic carbocycles. The van der Waals surface area contributed by atoms with Crippen molar-refractivity contribution in [3.63, 3.8) is 0 Å². The van der Waals surface area contributed by atoms with Crippen LogP contribution in [0, 0.1) is 17.0 Å². The fourth-order valence-electron chi connectivity index (χ4n) is 3.87. The molecule has 0 radical (unpaired) electrons. The predicted molar refractivity (Wildman–Crippen MR) is 138 cm³/mol. The number of benzene rings is 2. The number of pyridine rings is 1. The monoisotopic (exact) mass is 537 g/mol. The van der Waals surface area contributed by atoms with Gasteiger partial charge in [-0.05, 0) is 43.3 Å². The number of carbonyl (C=O) groups excluding carboxylic acids is 1. The Labute approximate surface area is 219 Å². The van der Waals surface area contributed by atoms with Gasteiger partial charge in [0.2, 0.25) is 5.91 Å². The summed E-state index contributed by atoms with van der Waals surface area (Å²) in [5.41, 5.74) is 1.87. The van der Waals surface area contributed by atoms with Gasteiger partial charge in [0.15, 0.2) is 5.65 Å². The third kappa shape index (κ3) is 5.11. The number of nitrogens with zero attached hydrogens (tertiary/aromatic N) is 4. The SMILES string of the molecule is Cc1nn(CC(=O)Nc2cc(Oc3ccc(Cl)cc3Cl)cc([N+](=O)[O-])c2)c2nccc(-c3ccco3)c12. The fraction of sp³-hybridized carbons (Fsp3) is 0.0800. The van der Waals surface area contributed by atoms with Crippen LogP contribution < -0.4 is 10.1 Å². The van der Waals surface area contributed by atoms with E-state index in [0.29, 0.717) is 22.1 Å². The maximum absolute atomic E-state index is 12.9. The number of halogens is 2. The van der Waals surface area contributed by atoms with Gasteiger partial charge in [-0.25, -0.2) is 9.67 Å². The van der Waals surface area contributed by atoms with Crippen LogP contribution in [0.1, 0.15) is 5.69 Å². The Hall–Kier alpha value is -4.41. The normalized spacial score (nSPS) is 11.0. The highest BCUT2D eigenvalue weighted by molar-refractivity contribution is 6.35. The third-order valence-corrected chi connectivity index (χ3v) is 5.93. The minimum atomic E-state index is -0.587. The van der Waals surface area contributed by atoms with Crippen LogP contribution in [0.25, 0.3) is 22.4 Å². The number of nitrogens with one attached hydrogen (secondary N) is 1. The van der Waals surface area contributed by atoms with Gasteiger partial charge in [-0.15, -0.1) is 0 Å². The fourth-order valence-corrected chi connectivity index (χ4v) is 4.32. The van der Waals surface area contributed by atoms with E-state index in [0.717, 1.165) is 10.9 Å². The van der Waals surface area contributed by atoms with Crippen molar-refractivity contribution in [2.75, 3.05) is 5.32 Å². The Morgan fingerprint density at radius 2 is 2.03 bits per heavy atom. The molecule has 3 heterocycles. The van der Waals surface area contributed by atoms with E-state index in [1.54, 1.807) is 24.6 Å². The molecule has 0 fully saturated rings. The van der Waals surface area contributed by atoms with E-state index in [-0.39, 0.29) is 34.4 Å². The molecule has 1 amide bonds. The van der Waals surface area contributed by atoms with E-state index in [2.05, 4.69) is 15.4 Å². The summed E-state index contributed by atoms with van der Waals surface area (Å²) in [5.74, 6) is 0.551. The number of fused-ring (bicyclic) bond motifs is 1. The molecule has 5 aromatic rings. The summed E-state index contributed by atoms with van der Waals surface area (Å²) >= 11 is 12.1. The average Bonchev–Trinajstić information content (AvgIpc) is 3.49. The topological polar surface area (TPSA) is 125 Å². The molecule has 186 valence electrons. The second kappa shape index (κ2) is 9.92. The van der Waals surface area contributed by atoms with Gasteiger partial charge < -0.3 is 14.5 Å². The number of hydrogen-bond acceptors (Lipinski definition) is 7. The summed E-state index contributed by atoms with van der Waals surface area (Å²) in [6, 6.07) is 13.9. The first-order valence-electron chi connectivity index (χ1n) is 10.9. The molecule has 0 saturated heterocycles. The molecular formula is C25H17Cl2N5O5. The molecule has 10 nitrogen and oxygen atoms in total. The molecule has 3 aromatic heterocycles. The number of aromatic nitrogens is 3. The highest BCUT2D eigenvalue weighted by Crippen LogP contribution is 2.35. The number of nitro groups is 1. The lowest BCUT2D eigenvalue weighted by Crippen LogP contribution is -2.20. The molecule has 2 aromatic carbocycles. The zero-order valence-corrected chi connectivity index (χ0v) is 20.7. The quantitative estimate of drug-likeness (QED) is 0.182. The number of non-ortho nitro benzene ring substituents is 1. The molecule has 0 unspecified atom stereocenters. The Kier molecular flexibility index (Phi) is 6.51. The van der Waals surface area contributed by atoms with Crippen LogP contribution in [0.15, 0.2) is 71.5 Å². The first-order chi connectivity index (χ1) is 17.8. The molecule has 37 heavy (non-hydrogen) atoms. The summed E-state index contributed by atoms with van der Waals surface area (Å²) in [4.78, 5) is 28.2. The second-order valence-corrected chi connectivity index (χ2v) is 8.82. The maximum Gasteiger partial charge on any atom is 0.275 e. The van der Waals surface area contributed by atoms with Crippen LogP contribution in [0.4, 0.5) is 11.4 Å². The Balaban J connectivity index is 1.41. The van der Waals surface area contributed by atoms with Gasteiger partial charge in [0.1, 0.15) is 23.8 Å². The molecule has 5 rings (SSSR count). The minimum absolute atomic E-state index is 0.110. The van der Waals surface area contributed by atoms with E-state index in [1.165, 1.54) is 35.0 Å². The van der Waals surface area contributed by atoms with Crippen LogP contribution in [0.3, 0.4) is 0 Å². The molecule has 0 aliphatic rings. The van der Waals surface area contributed by atoms with Gasteiger partial charge in [0.05, 0.1) is 39.0 Å². The van der Waals surface area contributed by atoms with Crippen LogP contribution in [-0.2, 0) is 11.3 Å². The highest BCUT2D eigenvalue weighted by Gasteiger charge is 2.18. The lowest BCUT2D eigenvalue weighted by Gasteiger charge is -2.11. The van der Waals surface area contributed by atoms with Crippen LogP contribution in [-0.4, -0.2) is 25.6 Å². The summed E-state index contributed by atoms with van der Waals surface area (Å²) in [6.45, 7) is 1.64. The number of furan rings is 1. The van der Waals surface area contributed by atoms with Crippen LogP contribution in [0.2, 0.25) is 10.0 Å². The third-order valence-electron chi connectivity index (χ3n) is 5.40. The number of nitro benzene ring substituents is 1. The summed E-state index contributed by atoms with van der Waals surface area (Å²) < 4.78 is 12.7. The van der Waals surface area contributed by atoms with Crippen molar-refractivity contribution in [3.05, 3.63) is 92.9 Å². The van der Waals surface area contributed by atoms with Crippen LogP contribution in [0.5, 0.6) is 11.5 Å². The van der Waals surface area contributed by atoms with Gasteiger partial charge in [-0.3, -0.25) is 14.9 Å². The molecule has 0 aliphatic heterocycles. The summed E-state index contributed by atoms with van der Waals surface area (Å²) in [7, 11) is 0. The average molecular weight is 538 g/mol.